The minimum absolute atomic E-state index is 0.229. The molecule has 0 aromatic carbocycles. The number of anilines is 2. The summed E-state index contributed by atoms with van der Waals surface area (Å²) in [4.78, 5) is 30.9. The lowest BCUT2D eigenvalue weighted by Crippen LogP contribution is -2.21. The van der Waals surface area contributed by atoms with Crippen LogP contribution in [0.2, 0.25) is 0 Å². The number of aromatic nitrogens is 9. The van der Waals surface area contributed by atoms with Crippen molar-refractivity contribution in [3.63, 3.8) is 0 Å². The molecule has 0 aliphatic heterocycles. The lowest BCUT2D eigenvalue weighted by molar-refractivity contribution is 0.101. The number of carbonyl (C=O) groups is 2. The van der Waals surface area contributed by atoms with Crippen molar-refractivity contribution >= 4 is 28.8 Å². The molecule has 190 valence electrons. The molecule has 0 spiro atoms. The second-order valence-electron chi connectivity index (χ2n) is 8.51. The SMILES string of the molecule is CCn1cc(-c2ccnc3c(C(=O)Nc4cnn(CC)c4C(=O)Nc4cnn(C)c4C)cnn23)c(C)n1. The van der Waals surface area contributed by atoms with Crippen molar-refractivity contribution in [2.24, 2.45) is 7.05 Å². The van der Waals surface area contributed by atoms with Gasteiger partial charge < -0.3 is 10.6 Å². The number of hydrogen-bond donors (Lipinski definition) is 2. The van der Waals surface area contributed by atoms with Gasteiger partial charge in [-0.25, -0.2) is 9.50 Å². The van der Waals surface area contributed by atoms with Crippen LogP contribution in [0.15, 0.2) is 37.1 Å². The van der Waals surface area contributed by atoms with Crippen molar-refractivity contribution in [2.45, 2.75) is 40.8 Å². The predicted octanol–water partition coefficient (Wildman–Crippen LogP) is 2.68. The molecule has 0 unspecified atom stereocenters. The Morgan fingerprint density at radius 1 is 0.946 bits per heavy atom. The van der Waals surface area contributed by atoms with Gasteiger partial charge in [0, 0.05) is 38.1 Å². The van der Waals surface area contributed by atoms with Crippen LogP contribution >= 0.6 is 0 Å². The fourth-order valence-corrected chi connectivity index (χ4v) is 4.14. The van der Waals surface area contributed by atoms with Gasteiger partial charge in [0.1, 0.15) is 11.3 Å². The van der Waals surface area contributed by atoms with Crippen LogP contribution in [-0.4, -0.2) is 55.8 Å². The zero-order valence-corrected chi connectivity index (χ0v) is 21.2. The smallest absolute Gasteiger partial charge is 0.276 e. The van der Waals surface area contributed by atoms with E-state index in [4.69, 9.17) is 0 Å². The van der Waals surface area contributed by atoms with Crippen molar-refractivity contribution in [1.29, 1.82) is 0 Å². The van der Waals surface area contributed by atoms with E-state index in [9.17, 15) is 9.59 Å². The highest BCUT2D eigenvalue weighted by atomic mass is 16.2. The van der Waals surface area contributed by atoms with Gasteiger partial charge in [-0.05, 0) is 33.8 Å². The first kappa shape index (κ1) is 23.9. The fourth-order valence-electron chi connectivity index (χ4n) is 4.14. The molecule has 13 heteroatoms. The van der Waals surface area contributed by atoms with Crippen LogP contribution in [0.1, 0.15) is 46.1 Å². The van der Waals surface area contributed by atoms with Gasteiger partial charge in [-0.3, -0.25) is 23.6 Å². The molecule has 2 N–H and O–H groups in total. The van der Waals surface area contributed by atoms with E-state index in [-0.39, 0.29) is 16.9 Å². The Morgan fingerprint density at radius 2 is 1.70 bits per heavy atom. The van der Waals surface area contributed by atoms with E-state index in [1.54, 1.807) is 28.6 Å². The molecule has 5 heterocycles. The van der Waals surface area contributed by atoms with E-state index in [1.807, 2.05) is 44.6 Å². The minimum atomic E-state index is -0.456. The lowest BCUT2D eigenvalue weighted by atomic mass is 10.2. The molecule has 0 atom stereocenters. The average Bonchev–Trinajstić information content (AvgIpc) is 3.66. The number of rotatable bonds is 7. The van der Waals surface area contributed by atoms with Crippen LogP contribution in [0.4, 0.5) is 11.4 Å². The number of hydrogen-bond acceptors (Lipinski definition) is 7. The Hall–Kier alpha value is -4.81. The summed E-state index contributed by atoms with van der Waals surface area (Å²) in [6, 6.07) is 1.83. The average molecular weight is 502 g/mol. The van der Waals surface area contributed by atoms with Gasteiger partial charge in [-0.2, -0.15) is 20.4 Å². The number of nitrogens with one attached hydrogen (secondary N) is 2. The molecular formula is C24H27N11O2. The molecule has 0 aliphatic rings. The largest absolute Gasteiger partial charge is 0.318 e. The Bertz CT molecular complexity index is 1640. The monoisotopic (exact) mass is 501 g/mol. The molecule has 5 rings (SSSR count). The van der Waals surface area contributed by atoms with Gasteiger partial charge in [0.05, 0.1) is 47.0 Å². The predicted molar refractivity (Wildman–Crippen MR) is 136 cm³/mol. The first-order valence-corrected chi connectivity index (χ1v) is 11.9. The van der Waals surface area contributed by atoms with Gasteiger partial charge >= 0.3 is 0 Å². The summed E-state index contributed by atoms with van der Waals surface area (Å²) in [5.74, 6) is -0.864. The Labute approximate surface area is 212 Å². The Balaban J connectivity index is 1.46. The highest BCUT2D eigenvalue weighted by molar-refractivity contribution is 6.13. The topological polar surface area (TPSA) is 142 Å². The molecule has 5 aromatic heterocycles. The van der Waals surface area contributed by atoms with E-state index in [2.05, 4.69) is 36.0 Å². The third-order valence-electron chi connectivity index (χ3n) is 6.28. The summed E-state index contributed by atoms with van der Waals surface area (Å²) in [5, 5.41) is 23.0. The zero-order chi connectivity index (χ0) is 26.3. The van der Waals surface area contributed by atoms with E-state index >= 15 is 0 Å². The molecular weight excluding hydrogens is 474 g/mol. The van der Waals surface area contributed by atoms with E-state index < -0.39 is 11.8 Å². The molecule has 37 heavy (non-hydrogen) atoms. The summed E-state index contributed by atoms with van der Waals surface area (Å²) in [6.45, 7) is 8.84. The van der Waals surface area contributed by atoms with Crippen LogP contribution < -0.4 is 10.6 Å². The molecule has 0 aliphatic carbocycles. The van der Waals surface area contributed by atoms with E-state index in [1.165, 1.54) is 17.1 Å². The van der Waals surface area contributed by atoms with Gasteiger partial charge in [0.2, 0.25) is 0 Å². The summed E-state index contributed by atoms with van der Waals surface area (Å²) < 4.78 is 6.65. The lowest BCUT2D eigenvalue weighted by Gasteiger charge is -2.10. The van der Waals surface area contributed by atoms with Crippen LogP contribution in [0.25, 0.3) is 16.9 Å². The van der Waals surface area contributed by atoms with Crippen LogP contribution in [0, 0.1) is 13.8 Å². The van der Waals surface area contributed by atoms with Gasteiger partial charge in [-0.15, -0.1) is 0 Å². The van der Waals surface area contributed by atoms with E-state index in [0.29, 0.717) is 17.9 Å². The number of amides is 2. The molecule has 0 saturated heterocycles. The summed E-state index contributed by atoms with van der Waals surface area (Å²) in [7, 11) is 1.79. The zero-order valence-electron chi connectivity index (χ0n) is 21.2. The second-order valence-corrected chi connectivity index (χ2v) is 8.51. The van der Waals surface area contributed by atoms with Crippen molar-refractivity contribution in [1.82, 2.24) is 43.9 Å². The number of aryl methyl sites for hydroxylation is 4. The third kappa shape index (κ3) is 4.13. The van der Waals surface area contributed by atoms with Gasteiger partial charge in [0.25, 0.3) is 11.8 Å². The van der Waals surface area contributed by atoms with E-state index in [0.717, 1.165) is 29.2 Å². The molecule has 0 radical (unpaired) electrons. The maximum atomic E-state index is 13.3. The van der Waals surface area contributed by atoms with Crippen LogP contribution in [0.3, 0.4) is 0 Å². The Kier molecular flexibility index (Phi) is 6.03. The second kappa shape index (κ2) is 9.33. The molecule has 0 fully saturated rings. The maximum Gasteiger partial charge on any atom is 0.276 e. The molecule has 2 amide bonds. The standard InChI is InChI=1S/C24H27N11O2/c1-6-33-13-17(14(3)31-33)20-8-9-25-22-16(10-28-35(20)22)23(36)30-19-12-27-34(7-2)21(19)24(37)29-18-11-26-32(5)15(18)4/h8-13H,6-7H2,1-5H3,(H,29,37)(H,30,36). The molecule has 0 saturated carbocycles. The van der Waals surface area contributed by atoms with Crippen LogP contribution in [-0.2, 0) is 20.1 Å². The number of fused-ring (bicyclic) bond motifs is 1. The highest BCUT2D eigenvalue weighted by Crippen LogP contribution is 2.25. The first-order chi connectivity index (χ1) is 17.8. The van der Waals surface area contributed by atoms with Gasteiger partial charge in [0.15, 0.2) is 5.65 Å². The normalized spacial score (nSPS) is 11.3. The van der Waals surface area contributed by atoms with Crippen molar-refractivity contribution < 1.29 is 9.59 Å². The quantitative estimate of drug-likeness (QED) is 0.349. The van der Waals surface area contributed by atoms with Gasteiger partial charge in [-0.1, -0.05) is 0 Å². The first-order valence-electron chi connectivity index (χ1n) is 11.9. The summed E-state index contributed by atoms with van der Waals surface area (Å²) >= 11 is 0. The highest BCUT2D eigenvalue weighted by Gasteiger charge is 2.24. The van der Waals surface area contributed by atoms with Crippen LogP contribution in [0.5, 0.6) is 0 Å². The summed E-state index contributed by atoms with van der Waals surface area (Å²) in [5.41, 5.74) is 5.06. The molecule has 5 aromatic rings. The number of carbonyl (C=O) groups excluding carboxylic acids is 2. The fraction of sp³-hybridized carbons (Fsp3) is 0.292. The van der Waals surface area contributed by atoms with Crippen molar-refractivity contribution in [3.05, 3.63) is 59.7 Å². The van der Waals surface area contributed by atoms with Crippen molar-refractivity contribution in [2.75, 3.05) is 10.6 Å². The third-order valence-corrected chi connectivity index (χ3v) is 6.28. The summed E-state index contributed by atoms with van der Waals surface area (Å²) in [6.07, 6.45) is 8.07. The van der Waals surface area contributed by atoms with Crippen molar-refractivity contribution in [3.8, 4) is 11.3 Å². The minimum Gasteiger partial charge on any atom is -0.318 e. The molecule has 0 bridgehead atoms. The number of nitrogens with zero attached hydrogens (tertiary/aromatic N) is 9. The maximum absolute atomic E-state index is 13.3. The molecule has 13 nitrogen and oxygen atoms in total. The Morgan fingerprint density at radius 3 is 2.38 bits per heavy atom.